The van der Waals surface area contributed by atoms with Crippen molar-refractivity contribution in [1.29, 1.82) is 0 Å². The number of carbonyl (C=O) groups excluding carboxylic acids is 1. The van der Waals surface area contributed by atoms with Crippen molar-refractivity contribution >= 4 is 28.8 Å². The second-order valence-corrected chi connectivity index (χ2v) is 6.41. The Bertz CT molecular complexity index is 877. The van der Waals surface area contributed by atoms with Crippen LogP contribution in [0.5, 0.6) is 5.75 Å². The van der Waals surface area contributed by atoms with Crippen molar-refractivity contribution in [2.75, 3.05) is 0 Å². The molecule has 0 atom stereocenters. The third-order valence-electron chi connectivity index (χ3n) is 3.35. The quantitative estimate of drug-likeness (QED) is 0.754. The predicted molar refractivity (Wildman–Crippen MR) is 92.0 cm³/mol. The molecule has 0 bridgehead atoms. The second kappa shape index (κ2) is 6.40. The van der Waals surface area contributed by atoms with Crippen molar-refractivity contribution in [2.24, 2.45) is 5.73 Å². The fourth-order valence-corrected chi connectivity index (χ4v) is 3.29. The van der Waals surface area contributed by atoms with Crippen LogP contribution in [0.3, 0.4) is 0 Å². The van der Waals surface area contributed by atoms with E-state index in [1.165, 1.54) is 17.4 Å². The summed E-state index contributed by atoms with van der Waals surface area (Å²) in [5, 5.41) is 13.2. The van der Waals surface area contributed by atoms with Crippen LogP contribution in [-0.2, 0) is 6.42 Å². The molecule has 0 saturated carbocycles. The molecule has 0 unspecified atom stereocenters. The molecule has 116 valence electrons. The van der Waals surface area contributed by atoms with Crippen molar-refractivity contribution in [2.45, 2.75) is 6.42 Å². The minimum absolute atomic E-state index is 0.0897. The smallest absolute Gasteiger partial charge is 0.252 e. The number of halogens is 1. The van der Waals surface area contributed by atoms with E-state index in [2.05, 4.69) is 4.98 Å². The van der Waals surface area contributed by atoms with Crippen LogP contribution < -0.4 is 5.73 Å². The summed E-state index contributed by atoms with van der Waals surface area (Å²) in [6.45, 7) is 0. The molecule has 0 fully saturated rings. The van der Waals surface area contributed by atoms with Gasteiger partial charge in [0.15, 0.2) is 0 Å². The molecule has 0 spiro atoms. The number of primary amides is 1. The van der Waals surface area contributed by atoms with Gasteiger partial charge < -0.3 is 10.8 Å². The molecule has 3 rings (SSSR count). The van der Waals surface area contributed by atoms with Gasteiger partial charge in [0.25, 0.3) is 5.91 Å². The van der Waals surface area contributed by atoms with Gasteiger partial charge in [-0.2, -0.15) is 0 Å². The van der Waals surface area contributed by atoms with Gasteiger partial charge in [-0.1, -0.05) is 23.7 Å². The molecule has 1 heterocycles. The van der Waals surface area contributed by atoms with Crippen LogP contribution in [0.1, 0.15) is 20.9 Å². The Hall–Kier alpha value is -2.37. The first-order valence-corrected chi connectivity index (χ1v) is 8.11. The number of aromatic hydroxyl groups is 1. The highest BCUT2D eigenvalue weighted by atomic mass is 35.5. The summed E-state index contributed by atoms with van der Waals surface area (Å²) in [7, 11) is 0. The molecule has 0 aliphatic rings. The van der Waals surface area contributed by atoms with Gasteiger partial charge in [0.2, 0.25) is 0 Å². The maximum atomic E-state index is 11.3. The SMILES string of the molecule is NC(=O)c1cc(-c2csc(Cc3cccc(Cl)c3)n2)ccc1O. The van der Waals surface area contributed by atoms with E-state index in [9.17, 15) is 9.90 Å². The van der Waals surface area contributed by atoms with E-state index in [0.29, 0.717) is 11.4 Å². The van der Waals surface area contributed by atoms with E-state index < -0.39 is 5.91 Å². The van der Waals surface area contributed by atoms with Crippen LogP contribution in [0.25, 0.3) is 11.3 Å². The largest absolute Gasteiger partial charge is 0.507 e. The normalized spacial score (nSPS) is 10.7. The molecular formula is C17H13ClN2O2S. The summed E-state index contributed by atoms with van der Waals surface area (Å²) in [5.74, 6) is -0.797. The summed E-state index contributed by atoms with van der Waals surface area (Å²) >= 11 is 7.52. The lowest BCUT2D eigenvalue weighted by Crippen LogP contribution is -2.11. The lowest BCUT2D eigenvalue weighted by molar-refractivity contribution is 0.0998. The average molecular weight is 345 g/mol. The molecule has 1 aromatic heterocycles. The summed E-state index contributed by atoms with van der Waals surface area (Å²) in [4.78, 5) is 15.9. The van der Waals surface area contributed by atoms with Crippen LogP contribution >= 0.6 is 22.9 Å². The lowest BCUT2D eigenvalue weighted by atomic mass is 10.1. The maximum absolute atomic E-state index is 11.3. The zero-order valence-corrected chi connectivity index (χ0v) is 13.6. The summed E-state index contributed by atoms with van der Waals surface area (Å²) in [6, 6.07) is 12.4. The monoisotopic (exact) mass is 344 g/mol. The van der Waals surface area contributed by atoms with Crippen molar-refractivity contribution in [3.8, 4) is 17.0 Å². The number of phenols is 1. The standard InChI is InChI=1S/C17H13ClN2O2S/c18-12-3-1-2-10(6-12)7-16-20-14(9-23-16)11-4-5-15(21)13(8-11)17(19)22/h1-6,8-9,21H,7H2,(H2,19,22). The molecule has 3 N–H and O–H groups in total. The van der Waals surface area contributed by atoms with Gasteiger partial charge in [-0.3, -0.25) is 4.79 Å². The van der Waals surface area contributed by atoms with Crippen LogP contribution in [-0.4, -0.2) is 16.0 Å². The molecular weight excluding hydrogens is 332 g/mol. The highest BCUT2D eigenvalue weighted by Gasteiger charge is 2.11. The summed E-state index contributed by atoms with van der Waals surface area (Å²) in [6.07, 6.45) is 0.686. The first-order valence-electron chi connectivity index (χ1n) is 6.85. The molecule has 2 aromatic carbocycles. The second-order valence-electron chi connectivity index (χ2n) is 5.03. The number of rotatable bonds is 4. The van der Waals surface area contributed by atoms with Crippen molar-refractivity contribution in [3.05, 3.63) is 69.0 Å². The summed E-state index contributed by atoms with van der Waals surface area (Å²) < 4.78 is 0. The molecule has 6 heteroatoms. The maximum Gasteiger partial charge on any atom is 0.252 e. The third-order valence-corrected chi connectivity index (χ3v) is 4.44. The van der Waals surface area contributed by atoms with E-state index in [1.54, 1.807) is 12.1 Å². The molecule has 1 amide bonds. The van der Waals surface area contributed by atoms with Gasteiger partial charge >= 0.3 is 0 Å². The van der Waals surface area contributed by atoms with Crippen LogP contribution in [0, 0.1) is 0 Å². The van der Waals surface area contributed by atoms with Gasteiger partial charge in [0, 0.05) is 22.4 Å². The minimum Gasteiger partial charge on any atom is -0.507 e. The molecule has 0 aliphatic heterocycles. The Morgan fingerprint density at radius 2 is 2.09 bits per heavy atom. The number of carbonyl (C=O) groups is 1. The molecule has 0 aliphatic carbocycles. The fraction of sp³-hybridized carbons (Fsp3) is 0.0588. The fourth-order valence-electron chi connectivity index (χ4n) is 2.24. The van der Waals surface area contributed by atoms with Crippen LogP contribution in [0.4, 0.5) is 0 Å². The number of thiazole rings is 1. The highest BCUT2D eigenvalue weighted by Crippen LogP contribution is 2.28. The van der Waals surface area contributed by atoms with Gasteiger partial charge in [-0.05, 0) is 35.9 Å². The van der Waals surface area contributed by atoms with Crippen molar-refractivity contribution in [1.82, 2.24) is 4.98 Å². The Morgan fingerprint density at radius 1 is 1.26 bits per heavy atom. The predicted octanol–water partition coefficient (Wildman–Crippen LogP) is 3.86. The first kappa shape index (κ1) is 15.5. The molecule has 4 nitrogen and oxygen atoms in total. The Kier molecular flexibility index (Phi) is 4.32. The Morgan fingerprint density at radius 3 is 2.83 bits per heavy atom. The number of aromatic nitrogens is 1. The average Bonchev–Trinajstić information content (AvgIpc) is 2.96. The Balaban J connectivity index is 1.87. The molecule has 0 saturated heterocycles. The first-order chi connectivity index (χ1) is 11.0. The van der Waals surface area contributed by atoms with E-state index in [1.807, 2.05) is 29.6 Å². The third kappa shape index (κ3) is 3.52. The van der Waals surface area contributed by atoms with E-state index in [0.717, 1.165) is 21.8 Å². The number of nitrogens with zero attached hydrogens (tertiary/aromatic N) is 1. The molecule has 0 radical (unpaired) electrons. The zero-order chi connectivity index (χ0) is 16.4. The van der Waals surface area contributed by atoms with E-state index in [4.69, 9.17) is 17.3 Å². The van der Waals surface area contributed by atoms with Crippen LogP contribution in [0.15, 0.2) is 47.8 Å². The number of hydrogen-bond acceptors (Lipinski definition) is 4. The number of nitrogens with two attached hydrogens (primary N) is 1. The molecule has 23 heavy (non-hydrogen) atoms. The van der Waals surface area contributed by atoms with Gasteiger partial charge in [-0.15, -0.1) is 11.3 Å². The van der Waals surface area contributed by atoms with Gasteiger partial charge in [-0.25, -0.2) is 4.98 Å². The molecule has 3 aromatic rings. The number of amides is 1. The Labute approximate surface area is 142 Å². The number of benzene rings is 2. The van der Waals surface area contributed by atoms with Crippen molar-refractivity contribution < 1.29 is 9.90 Å². The van der Waals surface area contributed by atoms with E-state index in [-0.39, 0.29) is 11.3 Å². The van der Waals surface area contributed by atoms with Gasteiger partial charge in [0.05, 0.1) is 16.3 Å². The van der Waals surface area contributed by atoms with Crippen LogP contribution in [0.2, 0.25) is 5.02 Å². The zero-order valence-electron chi connectivity index (χ0n) is 12.0. The highest BCUT2D eigenvalue weighted by molar-refractivity contribution is 7.10. The topological polar surface area (TPSA) is 76.2 Å². The van der Waals surface area contributed by atoms with Gasteiger partial charge in [0.1, 0.15) is 5.75 Å². The lowest BCUT2D eigenvalue weighted by Gasteiger charge is -2.03. The summed E-state index contributed by atoms with van der Waals surface area (Å²) in [5.41, 5.74) is 7.91. The van der Waals surface area contributed by atoms with E-state index >= 15 is 0 Å². The number of hydrogen-bond donors (Lipinski definition) is 2. The van der Waals surface area contributed by atoms with Crippen molar-refractivity contribution in [3.63, 3.8) is 0 Å². The minimum atomic E-state index is -0.668.